The minimum atomic E-state index is -4.74. The van der Waals surface area contributed by atoms with Crippen molar-refractivity contribution < 1.29 is 28.7 Å². The van der Waals surface area contributed by atoms with Gasteiger partial charge < -0.3 is 24.9 Å². The van der Waals surface area contributed by atoms with Gasteiger partial charge in [0.15, 0.2) is 11.2 Å². The van der Waals surface area contributed by atoms with E-state index in [1.54, 1.807) is 0 Å². The highest BCUT2D eigenvalue weighted by Gasteiger charge is 2.40. The summed E-state index contributed by atoms with van der Waals surface area (Å²) in [6, 6.07) is 0. The van der Waals surface area contributed by atoms with Crippen molar-refractivity contribution in [2.24, 2.45) is 0 Å². The number of hydrogen-bond acceptors (Lipinski definition) is 8. The number of phosphoric ester groups is 1. The van der Waals surface area contributed by atoms with Crippen LogP contribution in [0.25, 0.3) is 11.2 Å². The Morgan fingerprint density at radius 1 is 1.56 bits per heavy atom. The molecule has 0 radical (unpaired) electrons. The Balaban J connectivity index is 1.94. The van der Waals surface area contributed by atoms with E-state index >= 15 is 0 Å². The number of imidazole rings is 1. The van der Waals surface area contributed by atoms with Crippen molar-refractivity contribution >= 4 is 24.9 Å². The van der Waals surface area contributed by atoms with E-state index in [-0.39, 0.29) is 23.5 Å². The predicted molar refractivity (Wildman–Crippen MR) is 84.8 cm³/mol. The van der Waals surface area contributed by atoms with Gasteiger partial charge in [-0.1, -0.05) is 0 Å². The summed E-state index contributed by atoms with van der Waals surface area (Å²) in [5.41, 5.74) is -0.0807. The lowest BCUT2D eigenvalue weighted by Crippen LogP contribution is -2.26. The summed E-state index contributed by atoms with van der Waals surface area (Å²) in [4.78, 5) is 40.8. The van der Waals surface area contributed by atoms with Gasteiger partial charge in [-0.15, -0.1) is 0 Å². The van der Waals surface area contributed by atoms with Crippen LogP contribution >= 0.6 is 7.82 Å². The lowest BCUT2D eigenvalue weighted by atomic mass is 10.2. The first kappa shape index (κ1) is 18.0. The fourth-order valence-electron chi connectivity index (χ4n) is 2.71. The first-order valence-electron chi connectivity index (χ1n) is 7.53. The van der Waals surface area contributed by atoms with Crippen LogP contribution in [0.2, 0.25) is 0 Å². The van der Waals surface area contributed by atoms with Crippen LogP contribution in [-0.4, -0.2) is 59.8 Å². The molecule has 3 heterocycles. The molecule has 1 aliphatic rings. The van der Waals surface area contributed by atoms with Gasteiger partial charge in [-0.3, -0.25) is 18.9 Å². The molecule has 13 heteroatoms. The second kappa shape index (κ2) is 6.83. The van der Waals surface area contributed by atoms with Crippen molar-refractivity contribution in [3.63, 3.8) is 0 Å². The average molecular weight is 375 g/mol. The van der Waals surface area contributed by atoms with Crippen molar-refractivity contribution in [1.82, 2.24) is 19.5 Å². The van der Waals surface area contributed by atoms with Crippen molar-refractivity contribution in [3.05, 3.63) is 16.7 Å². The van der Waals surface area contributed by atoms with E-state index < -0.39 is 38.4 Å². The van der Waals surface area contributed by atoms with Crippen molar-refractivity contribution in [2.45, 2.75) is 31.8 Å². The Labute approximate surface area is 141 Å². The van der Waals surface area contributed by atoms with Gasteiger partial charge in [-0.05, 0) is 6.92 Å². The van der Waals surface area contributed by atoms with Gasteiger partial charge in [0.05, 0.1) is 12.9 Å². The highest BCUT2D eigenvalue weighted by Crippen LogP contribution is 2.43. The highest BCUT2D eigenvalue weighted by molar-refractivity contribution is 7.46. The summed E-state index contributed by atoms with van der Waals surface area (Å²) in [6.45, 7) is 1.91. The van der Waals surface area contributed by atoms with Crippen LogP contribution < -0.4 is 10.9 Å². The number of ether oxygens (including phenoxy) is 1. The zero-order valence-corrected chi connectivity index (χ0v) is 14.1. The van der Waals surface area contributed by atoms with E-state index in [1.807, 2.05) is 6.92 Å². The summed E-state index contributed by atoms with van der Waals surface area (Å²) in [6.07, 6.45) is -1.29. The van der Waals surface area contributed by atoms with Crippen molar-refractivity contribution in [1.29, 1.82) is 0 Å². The van der Waals surface area contributed by atoms with E-state index in [4.69, 9.17) is 14.5 Å². The largest absolute Gasteiger partial charge is 0.469 e. The second-order valence-electron chi connectivity index (χ2n) is 5.45. The molecule has 0 spiro atoms. The topological polar surface area (TPSA) is 172 Å². The van der Waals surface area contributed by atoms with Crippen molar-refractivity contribution in [3.8, 4) is 0 Å². The number of anilines is 1. The van der Waals surface area contributed by atoms with Gasteiger partial charge in [0.2, 0.25) is 5.95 Å². The minimum absolute atomic E-state index is 0.0484. The highest BCUT2D eigenvalue weighted by atomic mass is 31.2. The first-order valence-corrected chi connectivity index (χ1v) is 9.06. The van der Waals surface area contributed by atoms with Crippen LogP contribution in [0.1, 0.15) is 19.6 Å². The van der Waals surface area contributed by atoms with Gasteiger partial charge in [-0.2, -0.15) is 4.98 Å². The molecule has 0 unspecified atom stereocenters. The number of H-pyrrole nitrogens is 1. The molecule has 0 aliphatic carbocycles. The quantitative estimate of drug-likeness (QED) is 0.407. The minimum Gasteiger partial charge on any atom is -0.394 e. The number of phosphoric acid groups is 1. The number of rotatable bonds is 6. The zero-order chi connectivity index (χ0) is 18.2. The van der Waals surface area contributed by atoms with Gasteiger partial charge in [-0.25, -0.2) is 9.55 Å². The normalized spacial score (nSPS) is 24.1. The SMILES string of the molecule is CCNc1nc2c(ncn2[C@H]2C[C@H](OP(=O)(O)O)[C@@H](CO)O2)c(=O)[nH]1. The lowest BCUT2D eigenvalue weighted by Gasteiger charge is -2.16. The molecule has 3 atom stereocenters. The number of fused-ring (bicyclic) bond motifs is 1. The van der Waals surface area contributed by atoms with E-state index in [9.17, 15) is 14.5 Å². The molecule has 1 saturated heterocycles. The lowest BCUT2D eigenvalue weighted by molar-refractivity contribution is -0.0425. The zero-order valence-electron chi connectivity index (χ0n) is 13.2. The molecule has 2 aromatic heterocycles. The molecule has 5 N–H and O–H groups in total. The average Bonchev–Trinajstić information content (AvgIpc) is 3.09. The van der Waals surface area contributed by atoms with E-state index in [2.05, 4.69) is 24.8 Å². The molecule has 0 saturated carbocycles. The predicted octanol–water partition coefficient (Wildman–Crippen LogP) is -0.691. The summed E-state index contributed by atoms with van der Waals surface area (Å²) < 4.78 is 22.8. The van der Waals surface area contributed by atoms with E-state index in [0.717, 1.165) is 0 Å². The van der Waals surface area contributed by atoms with Gasteiger partial charge in [0, 0.05) is 13.0 Å². The maximum Gasteiger partial charge on any atom is 0.469 e. The van der Waals surface area contributed by atoms with Crippen molar-refractivity contribution in [2.75, 3.05) is 18.5 Å². The fourth-order valence-corrected chi connectivity index (χ4v) is 3.29. The molecule has 12 nitrogen and oxygen atoms in total. The third-order valence-corrected chi connectivity index (χ3v) is 4.27. The third kappa shape index (κ3) is 3.73. The Hall–Kier alpha value is -1.82. The Morgan fingerprint density at radius 3 is 2.96 bits per heavy atom. The smallest absolute Gasteiger partial charge is 0.394 e. The number of hydrogen-bond donors (Lipinski definition) is 5. The van der Waals surface area contributed by atoms with Crippen LogP contribution in [0.4, 0.5) is 5.95 Å². The molecule has 0 aromatic carbocycles. The molecule has 2 aromatic rings. The number of nitrogens with one attached hydrogen (secondary N) is 2. The molecular formula is C12H18N5O7P. The monoisotopic (exact) mass is 375 g/mol. The van der Waals surface area contributed by atoms with E-state index in [1.165, 1.54) is 10.9 Å². The first-order chi connectivity index (χ1) is 11.8. The van der Waals surface area contributed by atoms with Crippen LogP contribution in [0.3, 0.4) is 0 Å². The third-order valence-electron chi connectivity index (χ3n) is 3.72. The maximum absolute atomic E-state index is 12.1. The number of nitrogens with zero attached hydrogens (tertiary/aromatic N) is 3. The molecule has 0 bridgehead atoms. The summed E-state index contributed by atoms with van der Waals surface area (Å²) in [5, 5.41) is 12.2. The fraction of sp³-hybridized carbons (Fsp3) is 0.583. The number of aromatic nitrogens is 4. The number of aromatic amines is 1. The van der Waals surface area contributed by atoms with Gasteiger partial charge in [0.1, 0.15) is 18.4 Å². The summed E-state index contributed by atoms with van der Waals surface area (Å²) in [7, 11) is -4.74. The standard InChI is InChI=1S/C12H18N5O7P/c1-2-13-12-15-10-9(11(19)16-12)14-5-17(10)8-3-6(7(4-18)23-8)24-25(20,21)22/h5-8,18H,2-4H2,1H3,(H2,20,21,22)(H2,13,15,16,19)/t6-,7+,8+/m0/s1. The van der Waals surface area contributed by atoms with Crippen LogP contribution in [0, 0.1) is 0 Å². The summed E-state index contributed by atoms with van der Waals surface area (Å²) in [5.74, 6) is 0.265. The molecule has 138 valence electrons. The molecular weight excluding hydrogens is 357 g/mol. The molecule has 0 amide bonds. The molecule has 1 aliphatic heterocycles. The number of aliphatic hydroxyl groups is 1. The molecule has 25 heavy (non-hydrogen) atoms. The Bertz CT molecular complexity index is 861. The van der Waals surface area contributed by atoms with Gasteiger partial charge >= 0.3 is 7.82 Å². The Morgan fingerprint density at radius 2 is 2.32 bits per heavy atom. The molecule has 1 fully saturated rings. The van der Waals surface area contributed by atoms with E-state index in [0.29, 0.717) is 6.54 Å². The second-order valence-corrected chi connectivity index (χ2v) is 6.64. The molecule has 3 rings (SSSR count). The van der Waals surface area contributed by atoms with Gasteiger partial charge in [0.25, 0.3) is 5.56 Å². The summed E-state index contributed by atoms with van der Waals surface area (Å²) >= 11 is 0. The van der Waals surface area contributed by atoms with Crippen LogP contribution in [0.15, 0.2) is 11.1 Å². The number of aliphatic hydroxyl groups excluding tert-OH is 1. The maximum atomic E-state index is 12.1. The Kier molecular flexibility index (Phi) is 4.91. The van der Waals surface area contributed by atoms with Crippen LogP contribution in [-0.2, 0) is 13.8 Å². The van der Waals surface area contributed by atoms with Crippen LogP contribution in [0.5, 0.6) is 0 Å².